The van der Waals surface area contributed by atoms with Crippen LogP contribution in [-0.4, -0.2) is 54.9 Å². The fourth-order valence-electron chi connectivity index (χ4n) is 3.11. The normalized spacial score (nSPS) is 19.2. The fraction of sp³-hybridized carbons (Fsp3) is 0.444. The second-order valence-corrected chi connectivity index (χ2v) is 6.73. The van der Waals surface area contributed by atoms with Gasteiger partial charge in [-0.1, -0.05) is 6.92 Å². The Morgan fingerprint density at radius 2 is 2.04 bits per heavy atom. The van der Waals surface area contributed by atoms with Gasteiger partial charge in [-0.25, -0.2) is 0 Å². The number of rotatable bonds is 5. The molecule has 1 aliphatic rings. The molecule has 8 heteroatoms. The molecule has 1 aliphatic heterocycles. The van der Waals surface area contributed by atoms with E-state index in [-0.39, 0.29) is 23.7 Å². The molecule has 7 nitrogen and oxygen atoms in total. The minimum Gasteiger partial charge on any atom is -0.493 e. The number of aromatic amines is 1. The molecule has 1 atom stereocenters. The molecule has 2 heterocycles. The summed E-state index contributed by atoms with van der Waals surface area (Å²) < 4.78 is 10.6. The maximum atomic E-state index is 12.7. The molecule has 1 aromatic carbocycles. The molecule has 0 saturated carbocycles. The number of H-pyrrole nitrogens is 1. The van der Waals surface area contributed by atoms with Gasteiger partial charge in [-0.05, 0) is 42.6 Å². The number of amides is 1. The zero-order valence-corrected chi connectivity index (χ0v) is 16.1. The number of halogens is 1. The molecule has 3 rings (SSSR count). The van der Waals surface area contributed by atoms with E-state index in [1.54, 1.807) is 20.3 Å². The van der Waals surface area contributed by atoms with Crippen LogP contribution in [0.25, 0.3) is 11.3 Å². The first kappa shape index (κ1) is 20.1. The number of hydrogen-bond donors (Lipinski definition) is 2. The van der Waals surface area contributed by atoms with Crippen molar-refractivity contribution in [3.8, 4) is 22.8 Å². The van der Waals surface area contributed by atoms with Crippen molar-refractivity contribution in [1.29, 1.82) is 0 Å². The van der Waals surface area contributed by atoms with Crippen molar-refractivity contribution in [3.63, 3.8) is 0 Å². The first-order valence-electron chi connectivity index (χ1n) is 8.27. The smallest absolute Gasteiger partial charge is 0.271 e. The number of hydrogen-bond acceptors (Lipinski definition) is 5. The van der Waals surface area contributed by atoms with Crippen LogP contribution in [0.1, 0.15) is 23.8 Å². The lowest BCUT2D eigenvalue weighted by Crippen LogP contribution is -2.34. The van der Waals surface area contributed by atoms with Crippen molar-refractivity contribution < 1.29 is 14.3 Å². The molecule has 0 aliphatic carbocycles. The molecule has 0 spiro atoms. The number of ether oxygens (including phenoxy) is 2. The molecular weight excluding hydrogens is 356 g/mol. The Kier molecular flexibility index (Phi) is 6.15. The summed E-state index contributed by atoms with van der Waals surface area (Å²) in [7, 11) is 3.18. The van der Waals surface area contributed by atoms with E-state index in [4.69, 9.17) is 15.2 Å². The summed E-state index contributed by atoms with van der Waals surface area (Å²) in [5, 5.41) is 7.12. The first-order valence-corrected chi connectivity index (χ1v) is 8.27. The Balaban J connectivity index is 0.00000243. The van der Waals surface area contributed by atoms with E-state index < -0.39 is 0 Å². The fourth-order valence-corrected chi connectivity index (χ4v) is 3.11. The zero-order valence-electron chi connectivity index (χ0n) is 15.2. The van der Waals surface area contributed by atoms with Crippen molar-refractivity contribution in [2.45, 2.75) is 13.3 Å². The number of nitrogens with one attached hydrogen (secondary N) is 1. The molecule has 0 radical (unpaired) electrons. The number of aromatic nitrogens is 2. The molecule has 142 valence electrons. The van der Waals surface area contributed by atoms with Gasteiger partial charge in [0.05, 0.1) is 19.9 Å². The van der Waals surface area contributed by atoms with Gasteiger partial charge in [0.2, 0.25) is 0 Å². The van der Waals surface area contributed by atoms with Crippen molar-refractivity contribution >= 4 is 18.3 Å². The molecule has 2 aromatic rings. The van der Waals surface area contributed by atoms with Crippen LogP contribution in [0.5, 0.6) is 11.5 Å². The highest BCUT2D eigenvalue weighted by atomic mass is 35.5. The van der Waals surface area contributed by atoms with Crippen LogP contribution < -0.4 is 15.2 Å². The SMILES string of the molecule is COc1ccc(-c2cc(C(=O)N3CCC(C)(CN)C3)[nH]n2)cc1OC.Cl. The molecule has 0 bridgehead atoms. The minimum absolute atomic E-state index is 0. The Labute approximate surface area is 159 Å². The van der Waals surface area contributed by atoms with Crippen molar-refractivity contribution in [2.24, 2.45) is 11.1 Å². The van der Waals surface area contributed by atoms with Crippen LogP contribution in [0.2, 0.25) is 0 Å². The summed E-state index contributed by atoms with van der Waals surface area (Å²) in [4.78, 5) is 14.5. The summed E-state index contributed by atoms with van der Waals surface area (Å²) in [6.07, 6.45) is 0.923. The van der Waals surface area contributed by atoms with Crippen LogP contribution in [0, 0.1) is 5.41 Å². The third-order valence-corrected chi connectivity index (χ3v) is 4.83. The summed E-state index contributed by atoms with van der Waals surface area (Å²) in [6, 6.07) is 7.30. The first-order chi connectivity index (χ1) is 12.0. The molecule has 1 saturated heterocycles. The number of carbonyl (C=O) groups excluding carboxylic acids is 1. The highest BCUT2D eigenvalue weighted by Crippen LogP contribution is 2.32. The lowest BCUT2D eigenvalue weighted by molar-refractivity contribution is 0.0771. The summed E-state index contributed by atoms with van der Waals surface area (Å²) in [5.41, 5.74) is 7.83. The van der Waals surface area contributed by atoms with E-state index >= 15 is 0 Å². The van der Waals surface area contributed by atoms with Crippen molar-refractivity contribution in [1.82, 2.24) is 15.1 Å². The molecule has 1 aromatic heterocycles. The number of carbonyl (C=O) groups is 1. The monoisotopic (exact) mass is 380 g/mol. The third kappa shape index (κ3) is 3.78. The van der Waals surface area contributed by atoms with Gasteiger partial charge in [0.1, 0.15) is 5.69 Å². The van der Waals surface area contributed by atoms with E-state index in [1.807, 2.05) is 23.1 Å². The van der Waals surface area contributed by atoms with E-state index in [1.165, 1.54) is 0 Å². The Bertz CT molecular complexity index is 780. The summed E-state index contributed by atoms with van der Waals surface area (Å²) in [6.45, 7) is 4.09. The average molecular weight is 381 g/mol. The number of likely N-dealkylation sites (tertiary alicyclic amines) is 1. The van der Waals surface area contributed by atoms with Gasteiger partial charge in [-0.3, -0.25) is 9.89 Å². The average Bonchev–Trinajstić information content (AvgIpc) is 3.28. The minimum atomic E-state index is -0.0450. The predicted octanol–water partition coefficient (Wildman–Crippen LogP) is 2.33. The molecule has 1 amide bonds. The van der Waals surface area contributed by atoms with E-state index in [0.717, 1.165) is 18.5 Å². The van der Waals surface area contributed by atoms with Crippen molar-refractivity contribution in [2.75, 3.05) is 33.9 Å². The number of methoxy groups -OCH3 is 2. The molecule has 3 N–H and O–H groups in total. The summed E-state index contributed by atoms with van der Waals surface area (Å²) in [5.74, 6) is 1.22. The number of nitrogens with two attached hydrogens (primary N) is 1. The van der Waals surface area contributed by atoms with Gasteiger partial charge in [0.25, 0.3) is 5.91 Å². The van der Waals surface area contributed by atoms with Crippen LogP contribution >= 0.6 is 12.4 Å². The van der Waals surface area contributed by atoms with Gasteiger partial charge < -0.3 is 20.1 Å². The molecular formula is C18H25ClN4O3. The summed E-state index contributed by atoms with van der Waals surface area (Å²) >= 11 is 0. The van der Waals surface area contributed by atoms with Crippen LogP contribution in [0.15, 0.2) is 24.3 Å². The molecule has 1 unspecified atom stereocenters. The maximum absolute atomic E-state index is 12.7. The second kappa shape index (κ2) is 7.97. The lowest BCUT2D eigenvalue weighted by Gasteiger charge is -2.22. The Morgan fingerprint density at radius 1 is 1.31 bits per heavy atom. The Morgan fingerprint density at radius 3 is 2.65 bits per heavy atom. The molecule has 26 heavy (non-hydrogen) atoms. The third-order valence-electron chi connectivity index (χ3n) is 4.83. The van der Waals surface area contributed by atoms with Gasteiger partial charge >= 0.3 is 0 Å². The second-order valence-electron chi connectivity index (χ2n) is 6.73. The standard InChI is InChI=1S/C18H24N4O3.ClH/c1-18(10-19)6-7-22(11-18)17(23)14-9-13(20-21-14)12-4-5-15(24-2)16(8-12)25-3;/h4-5,8-9H,6-7,10-11,19H2,1-3H3,(H,20,21);1H. The highest BCUT2D eigenvalue weighted by molar-refractivity contribution is 5.93. The topological polar surface area (TPSA) is 93.5 Å². The number of nitrogens with zero attached hydrogens (tertiary/aromatic N) is 2. The highest BCUT2D eigenvalue weighted by Gasteiger charge is 2.35. The van der Waals surface area contributed by atoms with Gasteiger partial charge in [0.15, 0.2) is 11.5 Å². The Hall–Kier alpha value is -2.25. The lowest BCUT2D eigenvalue weighted by atomic mass is 9.90. The largest absolute Gasteiger partial charge is 0.493 e. The van der Waals surface area contributed by atoms with Gasteiger partial charge in [0, 0.05) is 18.7 Å². The van der Waals surface area contributed by atoms with E-state index in [0.29, 0.717) is 36.0 Å². The quantitative estimate of drug-likeness (QED) is 0.830. The van der Waals surface area contributed by atoms with Gasteiger partial charge in [-0.2, -0.15) is 5.10 Å². The van der Waals surface area contributed by atoms with Crippen LogP contribution in [0.4, 0.5) is 0 Å². The maximum Gasteiger partial charge on any atom is 0.271 e. The predicted molar refractivity (Wildman–Crippen MR) is 102 cm³/mol. The molecule has 1 fully saturated rings. The van der Waals surface area contributed by atoms with Crippen LogP contribution in [-0.2, 0) is 0 Å². The van der Waals surface area contributed by atoms with E-state index in [9.17, 15) is 4.79 Å². The van der Waals surface area contributed by atoms with Crippen molar-refractivity contribution in [3.05, 3.63) is 30.0 Å². The van der Waals surface area contributed by atoms with E-state index in [2.05, 4.69) is 17.1 Å². The van der Waals surface area contributed by atoms with Crippen LogP contribution in [0.3, 0.4) is 0 Å². The van der Waals surface area contributed by atoms with Gasteiger partial charge in [-0.15, -0.1) is 12.4 Å². The number of benzene rings is 1. The zero-order chi connectivity index (χ0) is 18.0.